The van der Waals surface area contributed by atoms with Crippen LogP contribution in [0.3, 0.4) is 0 Å². The number of rotatable bonds is 8. The average molecular weight is 294 g/mol. The highest BCUT2D eigenvalue weighted by molar-refractivity contribution is 6.87. The maximum Gasteiger partial charge on any atom is 0.311 e. The van der Waals surface area contributed by atoms with E-state index >= 15 is 0 Å². The molecule has 2 N–H and O–H groups in total. The molecular formula is C11H31NO2Si3. The molecule has 0 radical (unpaired) electrons. The highest BCUT2D eigenvalue weighted by Crippen LogP contribution is 2.23. The maximum absolute atomic E-state index is 6.40. The van der Waals surface area contributed by atoms with Crippen molar-refractivity contribution in [2.45, 2.75) is 64.7 Å². The summed E-state index contributed by atoms with van der Waals surface area (Å²) < 4.78 is 12.6. The molecule has 0 bridgehead atoms. The Morgan fingerprint density at radius 1 is 0.824 bits per heavy atom. The zero-order valence-corrected chi connectivity index (χ0v) is 15.7. The van der Waals surface area contributed by atoms with Crippen molar-refractivity contribution in [2.75, 3.05) is 6.54 Å². The van der Waals surface area contributed by atoms with Crippen molar-refractivity contribution in [1.82, 2.24) is 0 Å². The first-order chi connectivity index (χ1) is 7.47. The van der Waals surface area contributed by atoms with Crippen LogP contribution in [0.1, 0.15) is 12.8 Å². The first-order valence-electron chi connectivity index (χ1n) is 6.58. The Labute approximate surface area is 111 Å². The van der Waals surface area contributed by atoms with E-state index in [1.165, 1.54) is 12.5 Å². The van der Waals surface area contributed by atoms with Gasteiger partial charge in [0.05, 0.1) is 0 Å². The van der Waals surface area contributed by atoms with Crippen molar-refractivity contribution in [2.24, 2.45) is 5.73 Å². The van der Waals surface area contributed by atoms with Gasteiger partial charge in [0, 0.05) is 0 Å². The van der Waals surface area contributed by atoms with Gasteiger partial charge in [-0.05, 0) is 64.8 Å². The topological polar surface area (TPSA) is 44.5 Å². The molecule has 0 fully saturated rings. The molecule has 0 aromatic carbocycles. The van der Waals surface area contributed by atoms with E-state index in [4.69, 9.17) is 14.0 Å². The summed E-state index contributed by atoms with van der Waals surface area (Å²) in [5, 5.41) is 0. The van der Waals surface area contributed by atoms with Crippen molar-refractivity contribution in [1.29, 1.82) is 0 Å². The van der Waals surface area contributed by atoms with E-state index in [1.54, 1.807) is 0 Å². The van der Waals surface area contributed by atoms with Gasteiger partial charge in [-0.3, -0.25) is 0 Å². The third-order valence-electron chi connectivity index (χ3n) is 2.31. The highest BCUT2D eigenvalue weighted by atomic mass is 28.5. The average Bonchev–Trinajstić information content (AvgIpc) is 1.96. The summed E-state index contributed by atoms with van der Waals surface area (Å²) in [4.78, 5) is 0. The maximum atomic E-state index is 6.40. The van der Waals surface area contributed by atoms with Crippen molar-refractivity contribution >= 4 is 25.2 Å². The van der Waals surface area contributed by atoms with Crippen molar-refractivity contribution in [3.05, 3.63) is 0 Å². The quantitative estimate of drug-likeness (QED) is 0.550. The second-order valence-electron chi connectivity index (χ2n) is 6.72. The lowest BCUT2D eigenvalue weighted by molar-refractivity contribution is 0.391. The van der Waals surface area contributed by atoms with E-state index in [9.17, 15) is 0 Å². The lowest BCUT2D eigenvalue weighted by Crippen LogP contribution is -2.51. The second-order valence-corrected chi connectivity index (χ2v) is 19.4. The van der Waals surface area contributed by atoms with Gasteiger partial charge in [0.1, 0.15) is 0 Å². The van der Waals surface area contributed by atoms with Crippen LogP contribution in [0.5, 0.6) is 0 Å². The first kappa shape index (κ1) is 17.5. The minimum atomic E-state index is -1.94. The van der Waals surface area contributed by atoms with Gasteiger partial charge in [-0.1, -0.05) is 6.42 Å². The summed E-state index contributed by atoms with van der Waals surface area (Å²) in [7, 11) is -5.01. The summed E-state index contributed by atoms with van der Waals surface area (Å²) >= 11 is 0. The van der Waals surface area contributed by atoms with Gasteiger partial charge in [-0.2, -0.15) is 0 Å². The lowest BCUT2D eigenvalue weighted by Gasteiger charge is -2.37. The molecular weight excluding hydrogens is 262 g/mol. The Bertz CT molecular complexity index is 227. The van der Waals surface area contributed by atoms with Gasteiger partial charge < -0.3 is 14.0 Å². The summed E-state index contributed by atoms with van der Waals surface area (Å²) in [6.07, 6.45) is 2.30. The zero-order chi connectivity index (χ0) is 13.7. The van der Waals surface area contributed by atoms with E-state index < -0.39 is 25.2 Å². The molecule has 0 saturated heterocycles. The number of hydrogen-bond acceptors (Lipinski definition) is 3. The predicted octanol–water partition coefficient (Wildman–Crippen LogP) is 3.50. The molecule has 0 aliphatic carbocycles. The molecule has 0 unspecified atom stereocenters. The van der Waals surface area contributed by atoms with E-state index in [0.717, 1.165) is 13.0 Å². The SMILES string of the molecule is C[Si](C)(C)O[Si](C)(C)O[Si](C)(C)CCCCN. The fourth-order valence-corrected chi connectivity index (χ4v) is 15.4. The van der Waals surface area contributed by atoms with Gasteiger partial charge in [-0.15, -0.1) is 0 Å². The third kappa shape index (κ3) is 10.2. The van der Waals surface area contributed by atoms with Gasteiger partial charge in [0.2, 0.25) is 0 Å². The zero-order valence-electron chi connectivity index (χ0n) is 12.7. The van der Waals surface area contributed by atoms with Gasteiger partial charge in [0.15, 0.2) is 16.6 Å². The molecule has 0 aliphatic heterocycles. The first-order valence-corrected chi connectivity index (χ1v) is 15.9. The van der Waals surface area contributed by atoms with Crippen LogP contribution in [0.15, 0.2) is 0 Å². The molecule has 6 heteroatoms. The highest BCUT2D eigenvalue weighted by Gasteiger charge is 2.37. The normalized spacial score (nSPS) is 14.1. The van der Waals surface area contributed by atoms with Crippen LogP contribution >= 0.6 is 0 Å². The standard InChI is InChI=1S/C11H31NO2Si3/c1-15(2,3)13-17(6,7)14-16(4,5)11-9-8-10-12/h8-12H2,1-7H3. The predicted molar refractivity (Wildman–Crippen MR) is 83.6 cm³/mol. The molecule has 0 aromatic rings. The van der Waals surface area contributed by atoms with Crippen LogP contribution < -0.4 is 5.73 Å². The van der Waals surface area contributed by atoms with Gasteiger partial charge in [0.25, 0.3) is 0 Å². The lowest BCUT2D eigenvalue weighted by atomic mass is 10.3. The summed E-state index contributed by atoms with van der Waals surface area (Å²) in [6.45, 7) is 16.4. The van der Waals surface area contributed by atoms with Crippen LogP contribution in [0.25, 0.3) is 0 Å². The van der Waals surface area contributed by atoms with Gasteiger partial charge >= 0.3 is 8.56 Å². The molecule has 0 atom stereocenters. The van der Waals surface area contributed by atoms with Crippen LogP contribution in [0.4, 0.5) is 0 Å². The van der Waals surface area contributed by atoms with Crippen LogP contribution in [0.2, 0.25) is 51.9 Å². The summed E-state index contributed by atoms with van der Waals surface area (Å²) in [6, 6.07) is 1.19. The summed E-state index contributed by atoms with van der Waals surface area (Å²) in [5.41, 5.74) is 5.53. The molecule has 0 heterocycles. The third-order valence-corrected chi connectivity index (χ3v) is 12.5. The van der Waals surface area contributed by atoms with Crippen molar-refractivity contribution in [3.63, 3.8) is 0 Å². The fourth-order valence-electron chi connectivity index (χ4n) is 2.17. The Kier molecular flexibility index (Phi) is 6.83. The largest absolute Gasteiger partial charge is 0.437 e. The fraction of sp³-hybridized carbons (Fsp3) is 1.00. The van der Waals surface area contributed by atoms with Crippen molar-refractivity contribution in [3.8, 4) is 0 Å². The molecule has 0 amide bonds. The Morgan fingerprint density at radius 2 is 1.35 bits per heavy atom. The number of nitrogens with two attached hydrogens (primary N) is 1. The molecule has 17 heavy (non-hydrogen) atoms. The van der Waals surface area contributed by atoms with E-state index in [1.807, 2.05) is 0 Å². The molecule has 0 aliphatic rings. The second kappa shape index (κ2) is 6.63. The Balaban J connectivity index is 4.27. The smallest absolute Gasteiger partial charge is 0.311 e. The molecule has 0 rings (SSSR count). The summed E-state index contributed by atoms with van der Waals surface area (Å²) in [5.74, 6) is 0. The Morgan fingerprint density at radius 3 is 1.76 bits per heavy atom. The molecule has 0 saturated carbocycles. The minimum absolute atomic E-state index is 0.788. The number of hydrogen-bond donors (Lipinski definition) is 1. The van der Waals surface area contributed by atoms with Crippen molar-refractivity contribution < 1.29 is 8.23 Å². The minimum Gasteiger partial charge on any atom is -0.437 e. The molecule has 3 nitrogen and oxygen atoms in total. The van der Waals surface area contributed by atoms with Crippen LogP contribution in [-0.4, -0.2) is 31.7 Å². The van der Waals surface area contributed by atoms with Gasteiger partial charge in [-0.25, -0.2) is 0 Å². The van der Waals surface area contributed by atoms with Crippen LogP contribution in [0, 0.1) is 0 Å². The molecule has 0 aromatic heterocycles. The van der Waals surface area contributed by atoms with E-state index in [0.29, 0.717) is 0 Å². The van der Waals surface area contributed by atoms with Crippen LogP contribution in [-0.2, 0) is 8.23 Å². The Hall–Kier alpha value is 0.531. The molecule has 104 valence electrons. The van der Waals surface area contributed by atoms with E-state index in [-0.39, 0.29) is 0 Å². The molecule has 0 spiro atoms. The van der Waals surface area contributed by atoms with E-state index in [2.05, 4.69) is 45.8 Å². The number of unbranched alkanes of at least 4 members (excludes halogenated alkanes) is 1. The monoisotopic (exact) mass is 293 g/mol.